The molecule has 7 nitrogen and oxygen atoms in total. The second kappa shape index (κ2) is 6.59. The number of hydrogen-bond donors (Lipinski definition) is 1. The molecule has 3 atom stereocenters. The second-order valence-corrected chi connectivity index (χ2v) is 7.83. The number of carbonyl (C=O) groups excluding carboxylic acids is 1. The van der Waals surface area contributed by atoms with Crippen molar-refractivity contribution in [3.63, 3.8) is 0 Å². The summed E-state index contributed by atoms with van der Waals surface area (Å²) in [5, 5.41) is 19.6. The highest BCUT2D eigenvalue weighted by atomic mass is 32.1. The molecule has 2 fully saturated rings. The van der Waals surface area contributed by atoms with Gasteiger partial charge in [0.15, 0.2) is 5.69 Å². The molecule has 1 amide bonds. The third-order valence-electron chi connectivity index (χ3n) is 5.26. The summed E-state index contributed by atoms with van der Waals surface area (Å²) in [5.41, 5.74) is 0.231. The molecular weight excluding hydrogens is 340 g/mol. The molecule has 132 valence electrons. The Morgan fingerprint density at radius 3 is 2.92 bits per heavy atom. The van der Waals surface area contributed by atoms with Crippen LogP contribution in [0.15, 0.2) is 23.7 Å². The minimum atomic E-state index is -0.922. The predicted octanol–water partition coefficient (Wildman–Crippen LogP) is 2.25. The summed E-state index contributed by atoms with van der Waals surface area (Å²) in [6, 6.07) is 3.24. The van der Waals surface area contributed by atoms with Crippen LogP contribution in [0.4, 0.5) is 0 Å². The Kier molecular flexibility index (Phi) is 4.29. The molecule has 3 heterocycles. The van der Waals surface area contributed by atoms with E-state index in [9.17, 15) is 14.7 Å². The Labute approximate surface area is 149 Å². The van der Waals surface area contributed by atoms with Gasteiger partial charge < -0.3 is 10.0 Å². The molecule has 2 aliphatic rings. The number of hydrogen-bond acceptors (Lipinski definition) is 5. The lowest BCUT2D eigenvalue weighted by atomic mass is 9.84. The number of nitrogens with zero attached hydrogens (tertiary/aromatic N) is 4. The topological polar surface area (TPSA) is 88.3 Å². The molecule has 0 bridgehead atoms. The largest absolute Gasteiger partial charge is 0.480 e. The molecular formula is C17H20N4O3S. The lowest BCUT2D eigenvalue weighted by molar-refractivity contribution is -0.141. The lowest BCUT2D eigenvalue weighted by Crippen LogP contribution is -2.46. The zero-order valence-corrected chi connectivity index (χ0v) is 14.6. The van der Waals surface area contributed by atoms with Crippen LogP contribution in [0.25, 0.3) is 0 Å². The quantitative estimate of drug-likeness (QED) is 0.903. The number of carboxylic acids is 1. The Hall–Kier alpha value is -2.22. The maximum Gasteiger partial charge on any atom is 0.326 e. The normalized spacial score (nSPS) is 25.8. The van der Waals surface area contributed by atoms with Crippen LogP contribution in [0.2, 0.25) is 0 Å². The van der Waals surface area contributed by atoms with Gasteiger partial charge in [-0.15, -0.1) is 16.4 Å². The first-order valence-corrected chi connectivity index (χ1v) is 9.49. The summed E-state index contributed by atoms with van der Waals surface area (Å²) < 4.78 is 1.63. The Bertz CT molecular complexity index is 773. The first-order valence-electron chi connectivity index (χ1n) is 8.61. The van der Waals surface area contributed by atoms with E-state index in [1.54, 1.807) is 27.1 Å². The van der Waals surface area contributed by atoms with Crippen LogP contribution in [-0.2, 0) is 11.3 Å². The fourth-order valence-corrected chi connectivity index (χ4v) is 4.84. The average Bonchev–Trinajstić information content (AvgIpc) is 3.34. The zero-order valence-electron chi connectivity index (χ0n) is 13.7. The van der Waals surface area contributed by atoms with E-state index in [1.165, 1.54) is 0 Å². The van der Waals surface area contributed by atoms with Crippen molar-refractivity contribution in [2.75, 3.05) is 0 Å². The van der Waals surface area contributed by atoms with Gasteiger partial charge in [-0.25, -0.2) is 9.48 Å². The van der Waals surface area contributed by atoms with Crippen LogP contribution in [-0.4, -0.2) is 49.0 Å². The van der Waals surface area contributed by atoms with E-state index in [2.05, 4.69) is 10.3 Å². The molecule has 25 heavy (non-hydrogen) atoms. The number of rotatable bonds is 4. The smallest absolute Gasteiger partial charge is 0.326 e. The van der Waals surface area contributed by atoms with Crippen LogP contribution in [0, 0.1) is 5.92 Å². The van der Waals surface area contributed by atoms with Gasteiger partial charge in [-0.05, 0) is 36.6 Å². The highest BCUT2D eigenvalue weighted by Crippen LogP contribution is 2.40. The van der Waals surface area contributed by atoms with Crippen molar-refractivity contribution in [2.24, 2.45) is 5.92 Å². The van der Waals surface area contributed by atoms with E-state index in [0.29, 0.717) is 18.9 Å². The minimum Gasteiger partial charge on any atom is -0.480 e. The number of carboxylic acid groups (broad SMARTS) is 1. The maximum absolute atomic E-state index is 13.0. The summed E-state index contributed by atoms with van der Waals surface area (Å²) >= 11 is 1.62. The van der Waals surface area contributed by atoms with Crippen molar-refractivity contribution in [1.29, 1.82) is 0 Å². The Balaban J connectivity index is 1.56. The third-order valence-corrected chi connectivity index (χ3v) is 6.12. The van der Waals surface area contributed by atoms with E-state index in [1.807, 2.05) is 17.5 Å². The molecule has 2 aromatic heterocycles. The SMILES string of the molecule is O=C(O)[C@@H]1C[C@@H]2CCCC[C@H]2N1C(=O)c1cn(Cc2cccs2)nn1. The van der Waals surface area contributed by atoms with E-state index >= 15 is 0 Å². The summed E-state index contributed by atoms with van der Waals surface area (Å²) in [4.78, 5) is 27.3. The van der Waals surface area contributed by atoms with Gasteiger partial charge in [0.05, 0.1) is 12.7 Å². The molecule has 1 saturated heterocycles. The van der Waals surface area contributed by atoms with Gasteiger partial charge in [-0.1, -0.05) is 24.1 Å². The van der Waals surface area contributed by atoms with Crippen LogP contribution in [0.3, 0.4) is 0 Å². The molecule has 4 rings (SSSR count). The molecule has 0 spiro atoms. The first kappa shape index (κ1) is 16.3. The van der Waals surface area contributed by atoms with Crippen molar-refractivity contribution < 1.29 is 14.7 Å². The maximum atomic E-state index is 13.0. The van der Waals surface area contributed by atoms with Crippen molar-refractivity contribution >= 4 is 23.2 Å². The van der Waals surface area contributed by atoms with Crippen molar-refractivity contribution in [3.8, 4) is 0 Å². The number of fused-ring (bicyclic) bond motifs is 1. The van der Waals surface area contributed by atoms with Gasteiger partial charge in [0.25, 0.3) is 5.91 Å². The highest BCUT2D eigenvalue weighted by molar-refractivity contribution is 7.09. The van der Waals surface area contributed by atoms with E-state index in [0.717, 1.165) is 30.6 Å². The Morgan fingerprint density at radius 2 is 2.16 bits per heavy atom. The molecule has 1 saturated carbocycles. The molecule has 2 aromatic rings. The van der Waals surface area contributed by atoms with Crippen molar-refractivity contribution in [2.45, 2.75) is 50.7 Å². The predicted molar refractivity (Wildman–Crippen MR) is 91.4 cm³/mol. The van der Waals surface area contributed by atoms with E-state index < -0.39 is 12.0 Å². The van der Waals surface area contributed by atoms with Crippen LogP contribution in [0.1, 0.15) is 47.5 Å². The number of carbonyl (C=O) groups is 2. The monoisotopic (exact) mass is 360 g/mol. The number of likely N-dealkylation sites (tertiary alicyclic amines) is 1. The van der Waals surface area contributed by atoms with Crippen molar-refractivity contribution in [1.82, 2.24) is 19.9 Å². The van der Waals surface area contributed by atoms with Gasteiger partial charge >= 0.3 is 5.97 Å². The fraction of sp³-hybridized carbons (Fsp3) is 0.529. The van der Waals surface area contributed by atoms with E-state index in [-0.39, 0.29) is 17.6 Å². The number of aliphatic carboxylic acids is 1. The summed E-state index contributed by atoms with van der Waals surface area (Å²) in [7, 11) is 0. The molecule has 0 unspecified atom stereocenters. The first-order chi connectivity index (χ1) is 12.1. The average molecular weight is 360 g/mol. The molecule has 0 aromatic carbocycles. The van der Waals surface area contributed by atoms with Gasteiger partial charge in [-0.2, -0.15) is 0 Å². The number of thiophene rings is 1. The summed E-state index contributed by atoms with van der Waals surface area (Å²) in [6.07, 6.45) is 6.22. The van der Waals surface area contributed by atoms with Crippen LogP contribution >= 0.6 is 11.3 Å². The minimum absolute atomic E-state index is 0.0183. The standard InChI is InChI=1S/C17H20N4O3S/c22-16(13-10-20(19-18-13)9-12-5-3-7-25-12)21-14-6-2-1-4-11(14)8-15(21)17(23)24/h3,5,7,10-11,14-15H,1-2,4,6,8-9H2,(H,23,24)/t11-,14+,15-/m0/s1. The molecule has 1 aliphatic carbocycles. The lowest BCUT2D eigenvalue weighted by Gasteiger charge is -2.32. The zero-order chi connectivity index (χ0) is 17.4. The molecule has 8 heteroatoms. The van der Waals surface area contributed by atoms with Gasteiger partial charge in [0.2, 0.25) is 0 Å². The summed E-state index contributed by atoms with van der Waals surface area (Å²) in [5.74, 6) is -0.937. The highest BCUT2D eigenvalue weighted by Gasteiger charge is 2.48. The van der Waals surface area contributed by atoms with Crippen LogP contribution in [0.5, 0.6) is 0 Å². The fourth-order valence-electron chi connectivity index (χ4n) is 4.14. The second-order valence-electron chi connectivity index (χ2n) is 6.79. The van der Waals surface area contributed by atoms with Gasteiger partial charge in [-0.3, -0.25) is 4.79 Å². The van der Waals surface area contributed by atoms with E-state index in [4.69, 9.17) is 0 Å². The van der Waals surface area contributed by atoms with Crippen molar-refractivity contribution in [3.05, 3.63) is 34.3 Å². The number of amides is 1. The molecule has 1 aliphatic heterocycles. The molecule has 0 radical (unpaired) electrons. The molecule has 1 N–H and O–H groups in total. The number of aromatic nitrogens is 3. The van der Waals surface area contributed by atoms with Gasteiger partial charge in [0, 0.05) is 10.9 Å². The summed E-state index contributed by atoms with van der Waals surface area (Å²) in [6.45, 7) is 0.562. The van der Waals surface area contributed by atoms with Crippen LogP contribution < -0.4 is 0 Å². The van der Waals surface area contributed by atoms with Gasteiger partial charge in [0.1, 0.15) is 6.04 Å². The third kappa shape index (κ3) is 3.06. The Morgan fingerprint density at radius 1 is 1.32 bits per heavy atom.